The van der Waals surface area contributed by atoms with Crippen molar-refractivity contribution in [2.45, 2.75) is 0 Å². The van der Waals surface area contributed by atoms with Crippen molar-refractivity contribution < 1.29 is 40.6 Å². The molecule has 0 aromatic heterocycles. The van der Waals surface area contributed by atoms with Gasteiger partial charge in [-0.3, -0.25) is 0 Å². The van der Waals surface area contributed by atoms with Crippen molar-refractivity contribution in [3.05, 3.63) is 0 Å². The van der Waals surface area contributed by atoms with Gasteiger partial charge in [-0.15, -0.1) is 6.42 Å². The van der Waals surface area contributed by atoms with E-state index in [0.717, 1.165) is 0 Å². The van der Waals surface area contributed by atoms with Crippen molar-refractivity contribution >= 4 is 5.97 Å². The van der Waals surface area contributed by atoms with Gasteiger partial charge in [-0.05, 0) is 0 Å². The van der Waals surface area contributed by atoms with Gasteiger partial charge in [0.1, 0.15) is 0 Å². The minimum atomic E-state index is -0.852. The molecule has 2 N–H and O–H groups in total. The van der Waals surface area contributed by atoms with Crippen molar-refractivity contribution in [3.8, 4) is 12.3 Å². The van der Waals surface area contributed by atoms with Crippen LogP contribution < -0.4 is 35.5 Å². The SMILES string of the molecule is C#CC(=O)ON.[H-].[Na+]. The molecule has 3 nitrogen and oxygen atoms in total. The van der Waals surface area contributed by atoms with Crippen molar-refractivity contribution in [3.63, 3.8) is 0 Å². The average molecular weight is 109 g/mol. The standard InChI is InChI=1S/C3H3NO2.Na.H/c1-2-3(5)6-4;;/h1H,4H2;;/q;+1;-1. The summed E-state index contributed by atoms with van der Waals surface area (Å²) < 4.78 is 0. The molecule has 34 valence electrons. The molecule has 0 aromatic carbocycles. The molecule has 0 aliphatic heterocycles. The van der Waals surface area contributed by atoms with Gasteiger partial charge in [0.25, 0.3) is 0 Å². The van der Waals surface area contributed by atoms with Crippen LogP contribution in [0, 0.1) is 12.3 Å². The summed E-state index contributed by atoms with van der Waals surface area (Å²) in [4.78, 5) is 13.1. The van der Waals surface area contributed by atoms with Crippen LogP contribution in [0.4, 0.5) is 0 Å². The zero-order chi connectivity index (χ0) is 4.99. The minimum Gasteiger partial charge on any atom is -1.00 e. The zero-order valence-electron chi connectivity index (χ0n) is 4.97. The Balaban J connectivity index is -0.000000125. The quantitative estimate of drug-likeness (QED) is 0.197. The molecule has 0 aromatic rings. The van der Waals surface area contributed by atoms with Gasteiger partial charge in [0, 0.05) is 5.92 Å². The molecule has 0 fully saturated rings. The van der Waals surface area contributed by atoms with E-state index in [9.17, 15) is 4.79 Å². The van der Waals surface area contributed by atoms with Crippen LogP contribution in [0.5, 0.6) is 0 Å². The maximum absolute atomic E-state index is 9.60. The second-order valence-corrected chi connectivity index (χ2v) is 0.550. The Bertz CT molecular complexity index is 99.9. The summed E-state index contributed by atoms with van der Waals surface area (Å²) in [6.45, 7) is 0. The van der Waals surface area contributed by atoms with E-state index in [1.54, 1.807) is 5.92 Å². The fourth-order valence-corrected chi connectivity index (χ4v) is 0.0340. The molecule has 0 aliphatic rings. The molecule has 0 amide bonds. The topological polar surface area (TPSA) is 52.3 Å². The number of hydrogen-bond acceptors (Lipinski definition) is 3. The van der Waals surface area contributed by atoms with Gasteiger partial charge in [0.2, 0.25) is 0 Å². The van der Waals surface area contributed by atoms with Crippen LogP contribution in [-0.4, -0.2) is 5.97 Å². The first-order chi connectivity index (χ1) is 2.81. The molecule has 0 unspecified atom stereocenters. The number of carbonyl (C=O) groups is 1. The van der Waals surface area contributed by atoms with Crippen LogP contribution in [0.1, 0.15) is 1.43 Å². The molecule has 0 atom stereocenters. The number of hydrogen-bond donors (Lipinski definition) is 1. The van der Waals surface area contributed by atoms with E-state index in [-0.39, 0.29) is 31.0 Å². The zero-order valence-corrected chi connectivity index (χ0v) is 5.97. The number of nitrogens with two attached hydrogens (primary N) is 1. The molecule has 0 radical (unpaired) electrons. The first kappa shape index (κ1) is 10.1. The van der Waals surface area contributed by atoms with Crippen molar-refractivity contribution in [1.29, 1.82) is 0 Å². The molecular weight excluding hydrogens is 105 g/mol. The molecule has 0 heterocycles. The van der Waals surface area contributed by atoms with E-state index in [2.05, 4.69) is 17.2 Å². The van der Waals surface area contributed by atoms with Gasteiger partial charge in [0.05, 0.1) is 0 Å². The van der Waals surface area contributed by atoms with Crippen molar-refractivity contribution in [2.75, 3.05) is 0 Å². The van der Waals surface area contributed by atoms with Crippen LogP contribution in [0.15, 0.2) is 0 Å². The molecule has 0 saturated carbocycles. The normalized spacial score (nSPS) is 5.14. The molecule has 0 spiro atoms. The van der Waals surface area contributed by atoms with E-state index in [4.69, 9.17) is 0 Å². The third-order valence-electron chi connectivity index (χ3n) is 0.225. The summed E-state index contributed by atoms with van der Waals surface area (Å²) in [5.41, 5.74) is 0. The van der Waals surface area contributed by atoms with Crippen LogP contribution in [0.2, 0.25) is 0 Å². The summed E-state index contributed by atoms with van der Waals surface area (Å²) >= 11 is 0. The predicted octanol–water partition coefficient (Wildman–Crippen LogP) is -3.85. The van der Waals surface area contributed by atoms with E-state index in [1.165, 1.54) is 0 Å². The van der Waals surface area contributed by atoms with E-state index in [1.807, 2.05) is 0 Å². The van der Waals surface area contributed by atoms with Gasteiger partial charge in [0.15, 0.2) is 0 Å². The Morgan fingerprint density at radius 2 is 2.43 bits per heavy atom. The Kier molecular flexibility index (Phi) is 8.62. The third kappa shape index (κ3) is 5.99. The largest absolute Gasteiger partial charge is 1.00 e. The Labute approximate surface area is 64.9 Å². The van der Waals surface area contributed by atoms with E-state index in [0.29, 0.717) is 0 Å². The predicted molar refractivity (Wildman–Crippen MR) is 20.2 cm³/mol. The molecule has 4 heteroatoms. The minimum absolute atomic E-state index is 0. The monoisotopic (exact) mass is 109 g/mol. The van der Waals surface area contributed by atoms with Crippen LogP contribution >= 0.6 is 0 Å². The molecule has 7 heavy (non-hydrogen) atoms. The van der Waals surface area contributed by atoms with Gasteiger partial charge < -0.3 is 6.26 Å². The average Bonchev–Trinajstić information content (AvgIpc) is 1.65. The van der Waals surface area contributed by atoms with E-state index >= 15 is 0 Å². The second kappa shape index (κ2) is 5.99. The Hall–Kier alpha value is -0.0100. The Morgan fingerprint density at radius 1 is 2.00 bits per heavy atom. The van der Waals surface area contributed by atoms with Gasteiger partial charge in [-0.25, -0.2) is 4.79 Å². The van der Waals surface area contributed by atoms with Crippen LogP contribution in [-0.2, 0) is 9.63 Å². The summed E-state index contributed by atoms with van der Waals surface area (Å²) in [6.07, 6.45) is 4.48. The van der Waals surface area contributed by atoms with Crippen molar-refractivity contribution in [2.24, 2.45) is 5.90 Å². The van der Waals surface area contributed by atoms with Gasteiger partial charge >= 0.3 is 35.5 Å². The summed E-state index contributed by atoms with van der Waals surface area (Å²) in [6, 6.07) is 0. The molecule has 0 bridgehead atoms. The molecule has 0 saturated heterocycles. The summed E-state index contributed by atoms with van der Waals surface area (Å²) in [5, 5.41) is 0. The first-order valence-electron chi connectivity index (χ1n) is 1.18. The smallest absolute Gasteiger partial charge is 1.00 e. The first-order valence-corrected chi connectivity index (χ1v) is 1.18. The maximum atomic E-state index is 9.60. The summed E-state index contributed by atoms with van der Waals surface area (Å²) in [7, 11) is 0. The number of terminal acetylenes is 1. The fourth-order valence-electron chi connectivity index (χ4n) is 0.0340. The maximum Gasteiger partial charge on any atom is 1.00 e. The second-order valence-electron chi connectivity index (χ2n) is 0.550. The molecule has 0 aliphatic carbocycles. The van der Waals surface area contributed by atoms with Gasteiger partial charge in [-0.1, -0.05) is 0 Å². The van der Waals surface area contributed by atoms with Gasteiger partial charge in [-0.2, -0.15) is 5.90 Å². The number of rotatable bonds is 0. The molecule has 0 rings (SSSR count). The number of carbonyl (C=O) groups excluding carboxylic acids is 1. The van der Waals surface area contributed by atoms with E-state index < -0.39 is 5.97 Å². The fraction of sp³-hybridized carbons (Fsp3) is 0. The molecular formula is C3H4NNaO2. The summed E-state index contributed by atoms with van der Waals surface area (Å²) in [5.74, 6) is 5.07. The van der Waals surface area contributed by atoms with Crippen LogP contribution in [0.3, 0.4) is 0 Å². The third-order valence-corrected chi connectivity index (χ3v) is 0.225. The van der Waals surface area contributed by atoms with Crippen molar-refractivity contribution in [1.82, 2.24) is 0 Å². The Morgan fingerprint density at radius 3 is 2.43 bits per heavy atom. The van der Waals surface area contributed by atoms with Crippen LogP contribution in [0.25, 0.3) is 0 Å².